The molecule has 5 nitrogen and oxygen atoms in total. The molecule has 0 N–H and O–H groups in total. The second kappa shape index (κ2) is 2.87. The van der Waals surface area contributed by atoms with Crippen LogP contribution in [0.2, 0.25) is 0 Å². The van der Waals surface area contributed by atoms with E-state index in [-0.39, 0.29) is 23.5 Å². The number of hydrogen-bond donors (Lipinski definition) is 0. The molecule has 5 atom stereocenters. The van der Waals surface area contributed by atoms with Gasteiger partial charge in [0.2, 0.25) is 5.79 Å². The van der Waals surface area contributed by atoms with Crippen molar-refractivity contribution >= 4 is 11.9 Å². The number of cyclic esters (lactones) is 1. The summed E-state index contributed by atoms with van der Waals surface area (Å²) in [5.41, 5.74) is -2.48. The number of carbonyl (C=O) groups excluding carboxylic acids is 2. The van der Waals surface area contributed by atoms with Crippen molar-refractivity contribution in [1.82, 2.24) is 0 Å². The molecule has 1 unspecified atom stereocenters. The molecule has 0 aromatic rings. The van der Waals surface area contributed by atoms with Crippen LogP contribution < -0.4 is 0 Å². The summed E-state index contributed by atoms with van der Waals surface area (Å²) in [7, 11) is 0. The Bertz CT molecular complexity index is 612. The van der Waals surface area contributed by atoms with Crippen molar-refractivity contribution in [2.24, 2.45) is 16.2 Å². The SMILES string of the molecule is CC1(C)OC(=O)[C@]23CC4OC(=O)[C@]25CCCC[C@@]45[C@]3(C)O1. The molecule has 2 aliphatic heterocycles. The molecule has 0 aromatic carbocycles. The van der Waals surface area contributed by atoms with Crippen LogP contribution in [0.15, 0.2) is 0 Å². The van der Waals surface area contributed by atoms with Crippen LogP contribution in [0.1, 0.15) is 52.9 Å². The zero-order chi connectivity index (χ0) is 14.9. The van der Waals surface area contributed by atoms with E-state index < -0.39 is 22.2 Å². The predicted octanol–water partition coefficient (Wildman–Crippen LogP) is 1.93. The zero-order valence-corrected chi connectivity index (χ0v) is 12.7. The molecule has 2 spiro atoms. The number of hydrogen-bond acceptors (Lipinski definition) is 5. The van der Waals surface area contributed by atoms with Crippen molar-refractivity contribution < 1.29 is 23.8 Å². The first kappa shape index (κ1) is 12.4. The summed E-state index contributed by atoms with van der Waals surface area (Å²) >= 11 is 0. The lowest BCUT2D eigenvalue weighted by Crippen LogP contribution is -2.85. The van der Waals surface area contributed by atoms with E-state index in [0.717, 1.165) is 25.7 Å². The van der Waals surface area contributed by atoms with Crippen LogP contribution in [0, 0.1) is 16.2 Å². The largest absolute Gasteiger partial charge is 0.461 e. The Kier molecular flexibility index (Phi) is 1.70. The minimum absolute atomic E-state index is 0.184. The number of rotatable bonds is 0. The number of esters is 2. The lowest BCUT2D eigenvalue weighted by atomic mass is 9.30. The van der Waals surface area contributed by atoms with Gasteiger partial charge in [0, 0.05) is 20.3 Å². The normalized spacial score (nSPS) is 58.7. The Hall–Kier alpha value is -1.10. The Labute approximate surface area is 123 Å². The summed E-state index contributed by atoms with van der Waals surface area (Å²) < 4.78 is 17.6. The molecular formula is C16H20O5. The summed E-state index contributed by atoms with van der Waals surface area (Å²) in [5, 5.41) is 0. The van der Waals surface area contributed by atoms with E-state index in [4.69, 9.17) is 14.2 Å². The number of carbonyl (C=O) groups is 2. The van der Waals surface area contributed by atoms with E-state index in [1.807, 2.05) is 6.92 Å². The van der Waals surface area contributed by atoms with Crippen molar-refractivity contribution in [3.8, 4) is 0 Å². The van der Waals surface area contributed by atoms with Crippen LogP contribution in [0.3, 0.4) is 0 Å². The summed E-state index contributed by atoms with van der Waals surface area (Å²) in [6, 6.07) is 0. The minimum Gasteiger partial charge on any atom is -0.461 e. The molecule has 6 fully saturated rings. The quantitative estimate of drug-likeness (QED) is 0.638. The summed E-state index contributed by atoms with van der Waals surface area (Å²) in [6.07, 6.45) is 4.07. The molecule has 0 aromatic heterocycles. The highest BCUT2D eigenvalue weighted by atomic mass is 16.7. The lowest BCUT2D eigenvalue weighted by molar-refractivity contribution is -0.416. The molecule has 2 heterocycles. The molecule has 6 rings (SSSR count). The Morgan fingerprint density at radius 3 is 2.48 bits per heavy atom. The number of ether oxygens (including phenoxy) is 3. The molecule has 21 heavy (non-hydrogen) atoms. The van der Waals surface area contributed by atoms with E-state index in [2.05, 4.69) is 0 Å². The summed E-state index contributed by atoms with van der Waals surface area (Å²) in [4.78, 5) is 25.6. The van der Waals surface area contributed by atoms with Gasteiger partial charge in [-0.15, -0.1) is 0 Å². The van der Waals surface area contributed by atoms with Crippen molar-refractivity contribution in [1.29, 1.82) is 0 Å². The molecule has 0 radical (unpaired) electrons. The highest BCUT2D eigenvalue weighted by Crippen LogP contribution is 2.92. The molecule has 4 saturated carbocycles. The monoisotopic (exact) mass is 292 g/mol. The van der Waals surface area contributed by atoms with Crippen molar-refractivity contribution in [3.05, 3.63) is 0 Å². The van der Waals surface area contributed by atoms with Crippen LogP contribution in [-0.2, 0) is 23.8 Å². The van der Waals surface area contributed by atoms with Crippen molar-refractivity contribution in [3.63, 3.8) is 0 Å². The van der Waals surface area contributed by atoms with Gasteiger partial charge < -0.3 is 14.2 Å². The molecule has 114 valence electrons. The molecule has 5 heteroatoms. The maximum atomic E-state index is 12.9. The van der Waals surface area contributed by atoms with Crippen molar-refractivity contribution in [2.45, 2.75) is 70.4 Å². The van der Waals surface area contributed by atoms with Gasteiger partial charge in [0.25, 0.3) is 0 Å². The first-order chi connectivity index (χ1) is 9.78. The average molecular weight is 292 g/mol. The molecular weight excluding hydrogens is 272 g/mol. The molecule has 2 saturated heterocycles. The van der Waals surface area contributed by atoms with E-state index in [1.165, 1.54) is 0 Å². The lowest BCUT2D eigenvalue weighted by Gasteiger charge is -2.74. The fraction of sp³-hybridized carbons (Fsp3) is 0.875. The van der Waals surface area contributed by atoms with E-state index >= 15 is 0 Å². The van der Waals surface area contributed by atoms with Gasteiger partial charge >= 0.3 is 11.9 Å². The van der Waals surface area contributed by atoms with Gasteiger partial charge in [-0.05, 0) is 19.8 Å². The maximum absolute atomic E-state index is 12.9. The highest BCUT2D eigenvalue weighted by molar-refractivity contribution is 5.99. The molecule has 6 aliphatic rings. The highest BCUT2D eigenvalue weighted by Gasteiger charge is 3.03. The van der Waals surface area contributed by atoms with Gasteiger partial charge in [-0.25, -0.2) is 0 Å². The van der Waals surface area contributed by atoms with Crippen LogP contribution in [0.25, 0.3) is 0 Å². The minimum atomic E-state index is -0.936. The van der Waals surface area contributed by atoms with Crippen LogP contribution in [0.5, 0.6) is 0 Å². The third-order valence-corrected chi connectivity index (χ3v) is 7.30. The van der Waals surface area contributed by atoms with Gasteiger partial charge in [-0.1, -0.05) is 12.8 Å². The van der Waals surface area contributed by atoms with Crippen molar-refractivity contribution in [2.75, 3.05) is 0 Å². The van der Waals surface area contributed by atoms with Gasteiger partial charge in [0.15, 0.2) is 0 Å². The van der Waals surface area contributed by atoms with E-state index in [9.17, 15) is 9.59 Å². The fourth-order valence-corrected chi connectivity index (χ4v) is 7.04. The second-order valence-corrected chi connectivity index (χ2v) is 8.01. The Balaban J connectivity index is 1.80. The Morgan fingerprint density at radius 2 is 1.71 bits per heavy atom. The second-order valence-electron chi connectivity index (χ2n) is 8.01. The molecule has 4 bridgehead atoms. The van der Waals surface area contributed by atoms with Crippen LogP contribution in [-0.4, -0.2) is 29.4 Å². The molecule has 0 amide bonds. The molecule has 4 aliphatic carbocycles. The first-order valence-corrected chi connectivity index (χ1v) is 7.92. The van der Waals surface area contributed by atoms with Crippen LogP contribution in [0.4, 0.5) is 0 Å². The summed E-state index contributed by atoms with van der Waals surface area (Å²) in [6.45, 7) is 5.57. The van der Waals surface area contributed by atoms with E-state index in [0.29, 0.717) is 6.42 Å². The summed E-state index contributed by atoms with van der Waals surface area (Å²) in [5.74, 6) is -1.37. The van der Waals surface area contributed by atoms with Gasteiger partial charge in [-0.3, -0.25) is 9.59 Å². The third kappa shape index (κ3) is 0.805. The fourth-order valence-electron chi connectivity index (χ4n) is 7.04. The van der Waals surface area contributed by atoms with Gasteiger partial charge in [-0.2, -0.15) is 0 Å². The van der Waals surface area contributed by atoms with E-state index in [1.54, 1.807) is 13.8 Å². The first-order valence-electron chi connectivity index (χ1n) is 7.92. The standard InChI is InChI=1S/C16H20O5/c1-12(2)20-11(18)16-8-9-14(13(16,3)21-12)6-4-5-7-15(14,16)10(17)19-9/h9H,4-8H2,1-3H3/t9?,13-,14-,15-,16-/m0/s1. The third-order valence-electron chi connectivity index (χ3n) is 7.30. The smallest absolute Gasteiger partial charge is 0.318 e. The van der Waals surface area contributed by atoms with Gasteiger partial charge in [0.05, 0.1) is 16.4 Å². The maximum Gasteiger partial charge on any atom is 0.318 e. The van der Waals surface area contributed by atoms with Gasteiger partial charge in [0.1, 0.15) is 11.5 Å². The van der Waals surface area contributed by atoms with Crippen LogP contribution >= 0.6 is 0 Å². The topological polar surface area (TPSA) is 61.8 Å². The zero-order valence-electron chi connectivity index (χ0n) is 12.7. The average Bonchev–Trinajstić information content (AvgIpc) is 2.87. The Morgan fingerprint density at radius 1 is 1.00 bits per heavy atom. The predicted molar refractivity (Wildman–Crippen MR) is 69.9 cm³/mol.